The number of carbonyl (C=O) groups excluding carboxylic acids is 2. The van der Waals surface area contributed by atoms with Gasteiger partial charge in [0, 0.05) is 11.1 Å². The van der Waals surface area contributed by atoms with Crippen LogP contribution >= 0.6 is 0 Å². The molecule has 28 heavy (non-hydrogen) atoms. The third-order valence-electron chi connectivity index (χ3n) is 4.10. The van der Waals surface area contributed by atoms with E-state index < -0.39 is 0 Å². The molecule has 4 nitrogen and oxygen atoms in total. The van der Waals surface area contributed by atoms with Gasteiger partial charge in [-0.25, -0.2) is 0 Å². The molecule has 3 aromatic carbocycles. The lowest BCUT2D eigenvalue weighted by atomic mass is 9.97. The third-order valence-corrected chi connectivity index (χ3v) is 4.10. The molecule has 0 aromatic heterocycles. The summed E-state index contributed by atoms with van der Waals surface area (Å²) in [4.78, 5) is 22.5. The standard InChI is InChI=1S/C12H10O2.C12H8O2/c2*13-10-6-7-12(14)11(8-10)9-4-2-1-3-5-9/h1-8,13-14H;1-8H. The Balaban J connectivity index is 0.000000161. The maximum atomic E-state index is 11.4. The average Bonchev–Trinajstić information content (AvgIpc) is 2.73. The summed E-state index contributed by atoms with van der Waals surface area (Å²) in [6.45, 7) is 0. The van der Waals surface area contributed by atoms with E-state index in [9.17, 15) is 19.8 Å². The van der Waals surface area contributed by atoms with E-state index in [1.165, 1.54) is 30.4 Å². The van der Waals surface area contributed by atoms with Gasteiger partial charge in [-0.2, -0.15) is 0 Å². The lowest BCUT2D eigenvalue weighted by molar-refractivity contribution is -0.113. The van der Waals surface area contributed by atoms with Crippen LogP contribution in [0.15, 0.2) is 97.1 Å². The molecule has 1 aliphatic rings. The van der Waals surface area contributed by atoms with E-state index in [4.69, 9.17) is 0 Å². The normalized spacial score (nSPS) is 12.8. The molecule has 0 bridgehead atoms. The van der Waals surface area contributed by atoms with Crippen molar-refractivity contribution in [1.82, 2.24) is 0 Å². The highest BCUT2D eigenvalue weighted by atomic mass is 16.3. The first-order valence-corrected chi connectivity index (χ1v) is 8.65. The highest BCUT2D eigenvalue weighted by Crippen LogP contribution is 2.31. The monoisotopic (exact) mass is 370 g/mol. The molecule has 0 atom stereocenters. The van der Waals surface area contributed by atoms with E-state index in [2.05, 4.69) is 0 Å². The van der Waals surface area contributed by atoms with Gasteiger partial charge in [-0.15, -0.1) is 0 Å². The molecule has 2 N–H and O–H groups in total. The minimum Gasteiger partial charge on any atom is -0.508 e. The Labute approximate surface area is 162 Å². The number of ketones is 2. The molecule has 0 heterocycles. The fourth-order valence-corrected chi connectivity index (χ4v) is 2.73. The molecule has 0 saturated carbocycles. The Hall–Kier alpha value is -3.92. The molecule has 0 amide bonds. The molecule has 4 heteroatoms. The summed E-state index contributed by atoms with van der Waals surface area (Å²) in [5.41, 5.74) is 2.79. The van der Waals surface area contributed by atoms with Gasteiger partial charge in [0.15, 0.2) is 11.6 Å². The lowest BCUT2D eigenvalue weighted by Gasteiger charge is -2.05. The second-order valence-electron chi connectivity index (χ2n) is 6.09. The zero-order valence-corrected chi connectivity index (χ0v) is 14.9. The van der Waals surface area contributed by atoms with Gasteiger partial charge in [0.25, 0.3) is 0 Å². The fourth-order valence-electron chi connectivity index (χ4n) is 2.73. The van der Waals surface area contributed by atoms with Gasteiger partial charge >= 0.3 is 0 Å². The highest BCUT2D eigenvalue weighted by Gasteiger charge is 2.14. The van der Waals surface area contributed by atoms with Crippen LogP contribution in [0.1, 0.15) is 5.56 Å². The summed E-state index contributed by atoms with van der Waals surface area (Å²) in [7, 11) is 0. The van der Waals surface area contributed by atoms with Gasteiger partial charge < -0.3 is 10.2 Å². The second kappa shape index (κ2) is 8.64. The van der Waals surface area contributed by atoms with Gasteiger partial charge in [0.05, 0.1) is 0 Å². The van der Waals surface area contributed by atoms with Crippen LogP contribution in [-0.2, 0) is 9.59 Å². The quantitative estimate of drug-likeness (QED) is 0.513. The zero-order valence-electron chi connectivity index (χ0n) is 14.9. The van der Waals surface area contributed by atoms with Crippen molar-refractivity contribution in [3.05, 3.63) is 103 Å². The number of hydrogen-bond acceptors (Lipinski definition) is 4. The summed E-state index contributed by atoms with van der Waals surface area (Å²) in [5, 5.41) is 18.9. The average molecular weight is 370 g/mol. The number of carbonyl (C=O) groups is 2. The van der Waals surface area contributed by atoms with Crippen LogP contribution in [0.4, 0.5) is 0 Å². The first kappa shape index (κ1) is 18.9. The Bertz CT molecular complexity index is 1050. The summed E-state index contributed by atoms with van der Waals surface area (Å²) in [6.07, 6.45) is 3.97. The van der Waals surface area contributed by atoms with Gasteiger partial charge in [0.2, 0.25) is 0 Å². The van der Waals surface area contributed by atoms with Gasteiger partial charge in [-0.3, -0.25) is 9.59 Å². The van der Waals surface area contributed by atoms with Crippen molar-refractivity contribution in [2.45, 2.75) is 0 Å². The smallest absolute Gasteiger partial charge is 0.186 e. The zero-order chi connectivity index (χ0) is 19.9. The van der Waals surface area contributed by atoms with Gasteiger partial charge in [0.1, 0.15) is 11.5 Å². The Morgan fingerprint density at radius 1 is 0.643 bits per heavy atom. The molecule has 0 aliphatic heterocycles. The van der Waals surface area contributed by atoms with Crippen LogP contribution in [0, 0.1) is 0 Å². The molecule has 1 aliphatic carbocycles. The summed E-state index contributed by atoms with van der Waals surface area (Å²) in [5.74, 6) is 0.0786. The van der Waals surface area contributed by atoms with Crippen molar-refractivity contribution < 1.29 is 19.8 Å². The first-order valence-electron chi connectivity index (χ1n) is 8.65. The summed E-state index contributed by atoms with van der Waals surface area (Å²) < 4.78 is 0. The molecule has 0 spiro atoms. The lowest BCUT2D eigenvalue weighted by Crippen LogP contribution is -2.06. The van der Waals surface area contributed by atoms with Gasteiger partial charge in [-0.1, -0.05) is 60.7 Å². The minimum absolute atomic E-state index is 0.115. The predicted molar refractivity (Wildman–Crippen MR) is 109 cm³/mol. The van der Waals surface area contributed by atoms with E-state index in [1.54, 1.807) is 6.07 Å². The first-order chi connectivity index (χ1) is 13.5. The van der Waals surface area contributed by atoms with Crippen LogP contribution in [0.2, 0.25) is 0 Å². The molecule has 0 radical (unpaired) electrons. The molecular formula is C24H18O4. The van der Waals surface area contributed by atoms with Crippen LogP contribution in [0.3, 0.4) is 0 Å². The number of aromatic hydroxyl groups is 2. The van der Waals surface area contributed by atoms with Crippen molar-refractivity contribution >= 4 is 17.1 Å². The van der Waals surface area contributed by atoms with Crippen LogP contribution in [0.25, 0.3) is 16.7 Å². The third kappa shape index (κ3) is 4.62. The molecule has 3 aromatic rings. The molecule has 0 unspecified atom stereocenters. The minimum atomic E-state index is -0.136. The Morgan fingerprint density at radius 3 is 1.89 bits per heavy atom. The van der Waals surface area contributed by atoms with Crippen molar-refractivity contribution in [2.24, 2.45) is 0 Å². The predicted octanol–water partition coefficient (Wildman–Crippen LogP) is 4.54. The van der Waals surface area contributed by atoms with E-state index >= 15 is 0 Å². The second-order valence-corrected chi connectivity index (χ2v) is 6.09. The van der Waals surface area contributed by atoms with Crippen molar-refractivity contribution in [2.75, 3.05) is 0 Å². The van der Waals surface area contributed by atoms with E-state index in [1.807, 2.05) is 60.7 Å². The molecular weight excluding hydrogens is 352 g/mol. The number of benzene rings is 3. The van der Waals surface area contributed by atoms with Crippen molar-refractivity contribution in [3.8, 4) is 22.6 Å². The maximum Gasteiger partial charge on any atom is 0.186 e. The fraction of sp³-hybridized carbons (Fsp3) is 0. The van der Waals surface area contributed by atoms with Gasteiger partial charge in [-0.05, 0) is 47.6 Å². The molecule has 4 rings (SSSR count). The summed E-state index contributed by atoms with van der Waals surface area (Å²) >= 11 is 0. The van der Waals surface area contributed by atoms with Crippen LogP contribution < -0.4 is 0 Å². The number of phenolic OH excluding ortho intramolecular Hbond substituents is 2. The molecule has 0 saturated heterocycles. The van der Waals surface area contributed by atoms with Crippen LogP contribution in [0.5, 0.6) is 11.5 Å². The number of hydrogen-bond donors (Lipinski definition) is 2. The van der Waals surface area contributed by atoms with E-state index in [0.717, 1.165) is 11.1 Å². The summed E-state index contributed by atoms with van der Waals surface area (Å²) in [6, 6.07) is 23.1. The highest BCUT2D eigenvalue weighted by molar-refractivity contribution is 6.33. The van der Waals surface area contributed by atoms with E-state index in [-0.39, 0.29) is 23.1 Å². The van der Waals surface area contributed by atoms with Crippen molar-refractivity contribution in [3.63, 3.8) is 0 Å². The topological polar surface area (TPSA) is 74.6 Å². The number of allylic oxidation sites excluding steroid dienone is 4. The van der Waals surface area contributed by atoms with Crippen LogP contribution in [-0.4, -0.2) is 21.8 Å². The van der Waals surface area contributed by atoms with E-state index in [0.29, 0.717) is 11.1 Å². The Morgan fingerprint density at radius 2 is 1.25 bits per heavy atom. The number of rotatable bonds is 2. The SMILES string of the molecule is O=C1C=CC(=O)C(c2ccccc2)=C1.Oc1ccc(O)c(-c2ccccc2)c1. The molecule has 138 valence electrons. The number of phenols is 2. The molecule has 0 fully saturated rings. The van der Waals surface area contributed by atoms with Crippen molar-refractivity contribution in [1.29, 1.82) is 0 Å². The largest absolute Gasteiger partial charge is 0.508 e. The maximum absolute atomic E-state index is 11.4. The Kier molecular flexibility index (Phi) is 5.82.